The van der Waals surface area contributed by atoms with Crippen molar-refractivity contribution in [3.63, 3.8) is 0 Å². The fourth-order valence-electron chi connectivity index (χ4n) is 1.26. The first-order valence-corrected chi connectivity index (χ1v) is 5.79. The summed E-state index contributed by atoms with van der Waals surface area (Å²) in [5.41, 5.74) is 4.41. The highest BCUT2D eigenvalue weighted by Crippen LogP contribution is 2.31. The maximum atomic E-state index is 12.2. The van der Waals surface area contributed by atoms with Crippen LogP contribution in [0.25, 0.3) is 0 Å². The summed E-state index contributed by atoms with van der Waals surface area (Å²) >= 11 is 0. The van der Waals surface area contributed by atoms with Crippen LogP contribution >= 0.6 is 0 Å². The summed E-state index contributed by atoms with van der Waals surface area (Å²) in [6, 6.07) is 2.68. The number of anilines is 1. The second kappa shape index (κ2) is 7.78. The molecule has 0 heterocycles. The van der Waals surface area contributed by atoms with E-state index >= 15 is 0 Å². The molecule has 1 rings (SSSR count). The molecule has 0 aliphatic heterocycles. The van der Waals surface area contributed by atoms with E-state index in [0.29, 0.717) is 0 Å². The number of carbonyl (C=O) groups is 1. The molecule has 0 unspecified atom stereocenters. The summed E-state index contributed by atoms with van der Waals surface area (Å²) in [5.74, 6) is -0.351. The Morgan fingerprint density at radius 1 is 1.26 bits per heavy atom. The molecule has 0 saturated carbocycles. The van der Waals surface area contributed by atoms with E-state index in [4.69, 9.17) is 10.5 Å². The van der Waals surface area contributed by atoms with Crippen LogP contribution < -0.4 is 5.73 Å². The molecule has 0 amide bonds. The Labute approximate surface area is 110 Å². The molecule has 108 valence electrons. The predicted molar refractivity (Wildman–Crippen MR) is 68.0 cm³/mol. The zero-order valence-corrected chi connectivity index (χ0v) is 11.2. The summed E-state index contributed by atoms with van der Waals surface area (Å²) in [7, 11) is 0. The molecule has 1 aromatic rings. The molecule has 0 aromatic heterocycles. The highest BCUT2D eigenvalue weighted by Gasteiger charge is 2.30. The van der Waals surface area contributed by atoms with Crippen LogP contribution in [0.1, 0.15) is 36.7 Å². The summed E-state index contributed by atoms with van der Waals surface area (Å²) in [6.45, 7) is 6.92. The fourth-order valence-corrected chi connectivity index (χ4v) is 1.26. The Morgan fingerprint density at radius 3 is 2.05 bits per heavy atom. The van der Waals surface area contributed by atoms with Crippen molar-refractivity contribution in [3.8, 4) is 0 Å². The monoisotopic (exact) mass is 277 g/mol. The van der Waals surface area contributed by atoms with Gasteiger partial charge in [-0.3, -0.25) is 4.79 Å². The van der Waals surface area contributed by atoms with E-state index in [2.05, 4.69) is 0 Å². The Bertz CT molecular complexity index is 415. The van der Waals surface area contributed by atoms with Crippen molar-refractivity contribution < 1.29 is 22.7 Å². The smallest absolute Gasteiger partial charge is 0.398 e. The number of ketones is 1. The van der Waals surface area contributed by atoms with Crippen molar-refractivity contribution in [1.82, 2.24) is 0 Å². The number of Topliss-reactive ketones (excluding diaryl/α,β-unsaturated/α-hetero) is 1. The molecule has 0 bridgehead atoms. The number of alkyl halides is 3. The van der Waals surface area contributed by atoms with Gasteiger partial charge in [-0.1, -0.05) is 0 Å². The molecule has 1 aromatic carbocycles. The van der Waals surface area contributed by atoms with Gasteiger partial charge in [0, 0.05) is 24.5 Å². The molecular weight excluding hydrogens is 259 g/mol. The van der Waals surface area contributed by atoms with E-state index in [1.807, 2.05) is 13.8 Å². The normalized spacial score (nSPS) is 10.6. The molecule has 0 saturated heterocycles. The van der Waals surface area contributed by atoms with Gasteiger partial charge in [-0.25, -0.2) is 0 Å². The Morgan fingerprint density at radius 2 is 1.79 bits per heavy atom. The standard InChI is InChI=1S/C9H8F3NO.C4H10O/c1-5(14)7-3-2-6(4-8(7)13)9(10,11)12;1-3-5-4-2/h2-4H,13H2,1H3;3-4H2,1-2H3. The highest BCUT2D eigenvalue weighted by atomic mass is 19.4. The van der Waals surface area contributed by atoms with Gasteiger partial charge in [0.15, 0.2) is 5.78 Å². The molecule has 2 N–H and O–H groups in total. The average Bonchev–Trinajstić information content (AvgIpc) is 2.29. The van der Waals surface area contributed by atoms with Crippen LogP contribution in [0, 0.1) is 0 Å². The van der Waals surface area contributed by atoms with Gasteiger partial charge in [-0.15, -0.1) is 0 Å². The fraction of sp³-hybridized carbons (Fsp3) is 0.462. The van der Waals surface area contributed by atoms with E-state index in [-0.39, 0.29) is 17.0 Å². The summed E-state index contributed by atoms with van der Waals surface area (Å²) < 4.78 is 41.3. The number of hydrogen-bond donors (Lipinski definition) is 1. The number of ether oxygens (including phenoxy) is 1. The molecule has 0 atom stereocenters. The SMILES string of the molecule is CC(=O)c1ccc(C(F)(F)F)cc1N.CCOCC. The molecule has 6 heteroatoms. The number of benzene rings is 1. The van der Waals surface area contributed by atoms with Gasteiger partial charge in [0.05, 0.1) is 5.56 Å². The first-order chi connectivity index (χ1) is 8.73. The average molecular weight is 277 g/mol. The number of hydrogen-bond acceptors (Lipinski definition) is 3. The largest absolute Gasteiger partial charge is 0.416 e. The minimum atomic E-state index is -4.43. The molecule has 19 heavy (non-hydrogen) atoms. The zero-order valence-electron chi connectivity index (χ0n) is 11.2. The van der Waals surface area contributed by atoms with Crippen molar-refractivity contribution in [2.24, 2.45) is 0 Å². The third kappa shape index (κ3) is 6.24. The lowest BCUT2D eigenvalue weighted by Gasteiger charge is -2.08. The van der Waals surface area contributed by atoms with E-state index in [9.17, 15) is 18.0 Å². The van der Waals surface area contributed by atoms with Gasteiger partial charge in [0.2, 0.25) is 0 Å². The molecule has 0 aliphatic carbocycles. The van der Waals surface area contributed by atoms with E-state index in [1.54, 1.807) is 0 Å². The van der Waals surface area contributed by atoms with Crippen molar-refractivity contribution in [3.05, 3.63) is 29.3 Å². The summed E-state index contributed by atoms with van der Waals surface area (Å²) in [4.78, 5) is 10.9. The Balaban J connectivity index is 0.000000555. The zero-order chi connectivity index (χ0) is 15.1. The van der Waals surface area contributed by atoms with Crippen molar-refractivity contribution >= 4 is 11.5 Å². The van der Waals surface area contributed by atoms with Crippen LogP contribution in [0.4, 0.5) is 18.9 Å². The minimum absolute atomic E-state index is 0.109. The van der Waals surface area contributed by atoms with Crippen LogP contribution in [-0.2, 0) is 10.9 Å². The van der Waals surface area contributed by atoms with Gasteiger partial charge in [0.25, 0.3) is 0 Å². The topological polar surface area (TPSA) is 52.3 Å². The molecule has 0 radical (unpaired) electrons. The van der Waals surface area contributed by atoms with Gasteiger partial charge in [-0.05, 0) is 39.0 Å². The second-order valence-corrected chi connectivity index (χ2v) is 3.64. The van der Waals surface area contributed by atoms with Gasteiger partial charge in [0.1, 0.15) is 0 Å². The highest BCUT2D eigenvalue weighted by molar-refractivity contribution is 5.99. The lowest BCUT2D eigenvalue weighted by atomic mass is 10.1. The summed E-state index contributed by atoms with van der Waals surface area (Å²) in [6.07, 6.45) is -4.43. The van der Waals surface area contributed by atoms with Crippen LogP contribution in [-0.4, -0.2) is 19.0 Å². The van der Waals surface area contributed by atoms with E-state index < -0.39 is 11.7 Å². The maximum Gasteiger partial charge on any atom is 0.416 e. The Kier molecular flexibility index (Phi) is 7.14. The van der Waals surface area contributed by atoms with Gasteiger partial charge < -0.3 is 10.5 Å². The second-order valence-electron chi connectivity index (χ2n) is 3.64. The number of nitrogens with two attached hydrogens (primary N) is 1. The molecular formula is C13H18F3NO2. The van der Waals surface area contributed by atoms with Crippen molar-refractivity contribution in [1.29, 1.82) is 0 Å². The van der Waals surface area contributed by atoms with Crippen molar-refractivity contribution in [2.45, 2.75) is 26.9 Å². The molecule has 0 aliphatic rings. The van der Waals surface area contributed by atoms with E-state index in [1.165, 1.54) is 6.92 Å². The lowest BCUT2D eigenvalue weighted by Crippen LogP contribution is -2.08. The number of carbonyl (C=O) groups excluding carboxylic acids is 1. The first kappa shape index (κ1) is 17.4. The quantitative estimate of drug-likeness (QED) is 0.679. The third-order valence-corrected chi connectivity index (χ3v) is 2.17. The first-order valence-electron chi connectivity index (χ1n) is 5.79. The number of rotatable bonds is 3. The molecule has 3 nitrogen and oxygen atoms in total. The summed E-state index contributed by atoms with van der Waals surface area (Å²) in [5, 5.41) is 0. The number of halogens is 3. The third-order valence-electron chi connectivity index (χ3n) is 2.17. The lowest BCUT2D eigenvalue weighted by molar-refractivity contribution is -0.137. The molecule has 0 spiro atoms. The van der Waals surface area contributed by atoms with Crippen LogP contribution in [0.15, 0.2) is 18.2 Å². The van der Waals surface area contributed by atoms with Crippen LogP contribution in [0.2, 0.25) is 0 Å². The van der Waals surface area contributed by atoms with E-state index in [0.717, 1.165) is 31.4 Å². The maximum absolute atomic E-state index is 12.2. The van der Waals surface area contributed by atoms with Crippen LogP contribution in [0.3, 0.4) is 0 Å². The van der Waals surface area contributed by atoms with Crippen LogP contribution in [0.5, 0.6) is 0 Å². The van der Waals surface area contributed by atoms with Gasteiger partial charge in [-0.2, -0.15) is 13.2 Å². The minimum Gasteiger partial charge on any atom is -0.398 e. The van der Waals surface area contributed by atoms with Gasteiger partial charge >= 0.3 is 6.18 Å². The Hall–Kier alpha value is -1.56. The van der Waals surface area contributed by atoms with Crippen molar-refractivity contribution in [2.75, 3.05) is 18.9 Å². The molecule has 0 fully saturated rings. The predicted octanol–water partition coefficient (Wildman–Crippen LogP) is 3.53. The number of nitrogen functional groups attached to an aromatic ring is 1.